The van der Waals surface area contributed by atoms with Gasteiger partial charge in [0.15, 0.2) is 0 Å². The van der Waals surface area contributed by atoms with Crippen LogP contribution < -0.4 is 15.4 Å². The molecular formula is C14H15F3N2O4. The first-order valence-electron chi connectivity index (χ1n) is 6.62. The predicted molar refractivity (Wildman–Crippen MR) is 72.6 cm³/mol. The van der Waals surface area contributed by atoms with Crippen LogP contribution in [-0.2, 0) is 4.79 Å². The Balaban J connectivity index is 2.51. The highest BCUT2D eigenvalue weighted by molar-refractivity contribution is 5.86. The zero-order valence-corrected chi connectivity index (χ0v) is 12.3. The molecule has 1 saturated heterocycles. The highest BCUT2D eigenvalue weighted by Gasteiger charge is 2.65. The number of aliphatic hydroxyl groups is 1. The van der Waals surface area contributed by atoms with Gasteiger partial charge in [-0.25, -0.2) is 4.79 Å². The number of ketones is 1. The highest BCUT2D eigenvalue weighted by atomic mass is 19.4. The number of carbonyl (C=O) groups excluding carboxylic acids is 2. The number of carbonyl (C=O) groups is 2. The maximum atomic E-state index is 13.3. The summed E-state index contributed by atoms with van der Waals surface area (Å²) in [4.78, 5) is 23.4. The first-order chi connectivity index (χ1) is 10.6. The van der Waals surface area contributed by atoms with E-state index in [-0.39, 0.29) is 5.56 Å². The minimum absolute atomic E-state index is 0.239. The first kappa shape index (κ1) is 17.1. The largest absolute Gasteiger partial charge is 0.497 e. The lowest BCUT2D eigenvalue weighted by Crippen LogP contribution is -2.72. The number of hydrogen-bond acceptors (Lipinski definition) is 4. The number of hydrogen-bond donors (Lipinski definition) is 3. The maximum Gasteiger partial charge on any atom is 0.437 e. The summed E-state index contributed by atoms with van der Waals surface area (Å²) < 4.78 is 44.7. The van der Waals surface area contributed by atoms with E-state index < -0.39 is 35.7 Å². The minimum Gasteiger partial charge on any atom is -0.497 e. The topological polar surface area (TPSA) is 87.7 Å². The standard InChI is InChI=1S/C14H15F3N2O4/c1-7(20)10-11(8-3-5-9(23-2)6-4-8)18-12(21)19-13(10,22)14(15,16)17/h3-6,10-11,22H,1-2H3,(H2,18,19,21)/t10-,11-,13-/m1/s1. The van der Waals surface area contributed by atoms with E-state index >= 15 is 0 Å². The van der Waals surface area contributed by atoms with Gasteiger partial charge < -0.3 is 20.5 Å². The van der Waals surface area contributed by atoms with Crippen molar-refractivity contribution in [1.82, 2.24) is 10.6 Å². The molecule has 0 saturated carbocycles. The lowest BCUT2D eigenvalue weighted by Gasteiger charge is -2.44. The first-order valence-corrected chi connectivity index (χ1v) is 6.62. The smallest absolute Gasteiger partial charge is 0.437 e. The van der Waals surface area contributed by atoms with Gasteiger partial charge in [0, 0.05) is 0 Å². The molecule has 3 atom stereocenters. The van der Waals surface area contributed by atoms with Crippen LogP contribution in [0.3, 0.4) is 0 Å². The molecule has 1 aromatic rings. The van der Waals surface area contributed by atoms with Crippen LogP contribution in [-0.4, -0.2) is 35.9 Å². The number of ether oxygens (including phenoxy) is 1. The average Bonchev–Trinajstić information content (AvgIpc) is 2.45. The number of amides is 2. The van der Waals surface area contributed by atoms with Crippen LogP contribution in [0.25, 0.3) is 0 Å². The Bertz CT molecular complexity index is 617. The summed E-state index contributed by atoms with van der Waals surface area (Å²) in [6, 6.07) is 3.24. The second-order valence-electron chi connectivity index (χ2n) is 5.20. The fourth-order valence-corrected chi connectivity index (χ4v) is 2.62. The van der Waals surface area contributed by atoms with E-state index in [4.69, 9.17) is 4.74 Å². The second-order valence-corrected chi connectivity index (χ2v) is 5.20. The normalized spacial score (nSPS) is 27.8. The maximum absolute atomic E-state index is 13.3. The molecule has 1 aliphatic heterocycles. The van der Waals surface area contributed by atoms with Gasteiger partial charge in [-0.15, -0.1) is 0 Å². The fraction of sp³-hybridized carbons (Fsp3) is 0.429. The molecular weight excluding hydrogens is 317 g/mol. The highest BCUT2D eigenvalue weighted by Crippen LogP contribution is 2.42. The number of halogens is 3. The number of urea groups is 1. The number of methoxy groups -OCH3 is 1. The van der Waals surface area contributed by atoms with Crippen LogP contribution in [0.4, 0.5) is 18.0 Å². The van der Waals surface area contributed by atoms with Crippen LogP contribution >= 0.6 is 0 Å². The van der Waals surface area contributed by atoms with Gasteiger partial charge in [-0.3, -0.25) is 4.79 Å². The Morgan fingerprint density at radius 1 is 1.30 bits per heavy atom. The molecule has 2 amide bonds. The van der Waals surface area contributed by atoms with Crippen molar-refractivity contribution in [3.63, 3.8) is 0 Å². The van der Waals surface area contributed by atoms with Gasteiger partial charge in [0.25, 0.3) is 0 Å². The van der Waals surface area contributed by atoms with Crippen LogP contribution in [0.1, 0.15) is 18.5 Å². The number of alkyl halides is 3. The van der Waals surface area contributed by atoms with Crippen molar-refractivity contribution < 1.29 is 32.6 Å². The molecule has 9 heteroatoms. The quantitative estimate of drug-likeness (QED) is 0.783. The number of nitrogens with one attached hydrogen (secondary N) is 2. The van der Waals surface area contributed by atoms with Crippen molar-refractivity contribution in [2.24, 2.45) is 5.92 Å². The average molecular weight is 332 g/mol. The summed E-state index contributed by atoms with van der Waals surface area (Å²) >= 11 is 0. The van der Waals surface area contributed by atoms with E-state index in [1.807, 2.05) is 0 Å². The number of rotatable bonds is 3. The number of benzene rings is 1. The third kappa shape index (κ3) is 2.96. The molecule has 0 aliphatic carbocycles. The SMILES string of the molecule is COc1ccc([C@H]2NC(=O)N[C@](O)(C(F)(F)F)[C@@H]2C(C)=O)cc1. The second kappa shape index (κ2) is 5.73. The van der Waals surface area contributed by atoms with E-state index in [0.717, 1.165) is 6.92 Å². The van der Waals surface area contributed by atoms with E-state index in [0.29, 0.717) is 5.75 Å². The Kier molecular flexibility index (Phi) is 4.25. The van der Waals surface area contributed by atoms with Crippen LogP contribution in [0.5, 0.6) is 5.75 Å². The van der Waals surface area contributed by atoms with Crippen molar-refractivity contribution in [3.05, 3.63) is 29.8 Å². The molecule has 0 spiro atoms. The Morgan fingerprint density at radius 3 is 2.30 bits per heavy atom. The Hall–Kier alpha value is -2.29. The lowest BCUT2D eigenvalue weighted by molar-refractivity contribution is -0.290. The lowest BCUT2D eigenvalue weighted by atomic mass is 9.79. The zero-order valence-electron chi connectivity index (χ0n) is 12.3. The summed E-state index contributed by atoms with van der Waals surface area (Å²) in [6.45, 7) is 0.928. The summed E-state index contributed by atoms with van der Waals surface area (Å²) in [7, 11) is 1.42. The van der Waals surface area contributed by atoms with E-state index in [2.05, 4.69) is 5.32 Å². The summed E-state index contributed by atoms with van der Waals surface area (Å²) in [5, 5.41) is 13.7. The molecule has 0 aromatic heterocycles. The fourth-order valence-electron chi connectivity index (χ4n) is 2.62. The molecule has 1 aliphatic rings. The van der Waals surface area contributed by atoms with Gasteiger partial charge in [0.05, 0.1) is 19.1 Å². The van der Waals surface area contributed by atoms with Crippen molar-refractivity contribution in [3.8, 4) is 5.75 Å². The van der Waals surface area contributed by atoms with E-state index in [9.17, 15) is 27.9 Å². The Morgan fingerprint density at radius 2 is 1.87 bits per heavy atom. The molecule has 1 heterocycles. The summed E-state index contributed by atoms with van der Waals surface area (Å²) in [6.07, 6.45) is -5.22. The van der Waals surface area contributed by atoms with Gasteiger partial charge in [-0.2, -0.15) is 13.2 Å². The van der Waals surface area contributed by atoms with E-state index in [1.54, 1.807) is 0 Å². The van der Waals surface area contributed by atoms with Gasteiger partial charge in [0.1, 0.15) is 11.5 Å². The van der Waals surface area contributed by atoms with Crippen LogP contribution in [0, 0.1) is 5.92 Å². The monoisotopic (exact) mass is 332 g/mol. The van der Waals surface area contributed by atoms with Crippen LogP contribution in [0.2, 0.25) is 0 Å². The van der Waals surface area contributed by atoms with Crippen molar-refractivity contribution in [2.45, 2.75) is 24.9 Å². The van der Waals surface area contributed by atoms with Gasteiger partial charge in [0.2, 0.25) is 5.72 Å². The van der Waals surface area contributed by atoms with E-state index in [1.165, 1.54) is 36.7 Å². The summed E-state index contributed by atoms with van der Waals surface area (Å²) in [5.41, 5.74) is -3.41. The molecule has 2 rings (SSSR count). The molecule has 0 bridgehead atoms. The van der Waals surface area contributed by atoms with Crippen molar-refractivity contribution >= 4 is 11.8 Å². The van der Waals surface area contributed by atoms with Crippen molar-refractivity contribution in [2.75, 3.05) is 7.11 Å². The van der Waals surface area contributed by atoms with Crippen LogP contribution in [0.15, 0.2) is 24.3 Å². The molecule has 126 valence electrons. The molecule has 3 N–H and O–H groups in total. The predicted octanol–water partition coefficient (Wildman–Crippen LogP) is 1.51. The summed E-state index contributed by atoms with van der Waals surface area (Å²) in [5.74, 6) is -2.40. The van der Waals surface area contributed by atoms with Crippen molar-refractivity contribution in [1.29, 1.82) is 0 Å². The molecule has 1 aromatic carbocycles. The third-order valence-corrected chi connectivity index (χ3v) is 3.72. The Labute approximate surface area is 129 Å². The zero-order chi connectivity index (χ0) is 17.4. The minimum atomic E-state index is -5.22. The molecule has 6 nitrogen and oxygen atoms in total. The number of Topliss-reactive ketones (excluding diaryl/α,β-unsaturated/α-hetero) is 1. The third-order valence-electron chi connectivity index (χ3n) is 3.72. The molecule has 0 radical (unpaired) electrons. The molecule has 23 heavy (non-hydrogen) atoms. The molecule has 0 unspecified atom stereocenters. The van der Waals surface area contributed by atoms with Gasteiger partial charge in [-0.05, 0) is 24.6 Å². The van der Waals surface area contributed by atoms with Gasteiger partial charge >= 0.3 is 12.2 Å². The molecule has 1 fully saturated rings. The van der Waals surface area contributed by atoms with Gasteiger partial charge in [-0.1, -0.05) is 12.1 Å².